The van der Waals surface area contributed by atoms with E-state index in [1.165, 1.54) is 12.1 Å². The number of hydrogen-bond acceptors (Lipinski definition) is 3. The molecule has 0 aliphatic carbocycles. The standard InChI is InChI=1S/C14H20FNO3/c1-4-7-16-14(3,13(17)18)9-19-12-8-11(15)6-5-10(12)2/h5-6,8,16H,4,7,9H2,1-3H3,(H,17,18). The normalized spacial score (nSPS) is 13.9. The van der Waals surface area contributed by atoms with Crippen molar-refractivity contribution < 1.29 is 19.0 Å². The van der Waals surface area contributed by atoms with E-state index in [2.05, 4.69) is 5.32 Å². The van der Waals surface area contributed by atoms with E-state index < -0.39 is 17.3 Å². The van der Waals surface area contributed by atoms with Gasteiger partial charge in [-0.1, -0.05) is 13.0 Å². The molecule has 4 nitrogen and oxygen atoms in total. The number of carboxylic acids is 1. The average molecular weight is 269 g/mol. The Morgan fingerprint density at radius 3 is 2.79 bits per heavy atom. The molecule has 0 saturated carbocycles. The number of aliphatic carboxylic acids is 1. The van der Waals surface area contributed by atoms with Gasteiger partial charge in [0.05, 0.1) is 0 Å². The van der Waals surface area contributed by atoms with Gasteiger partial charge >= 0.3 is 5.97 Å². The van der Waals surface area contributed by atoms with Crippen LogP contribution < -0.4 is 10.1 Å². The van der Waals surface area contributed by atoms with Crippen LogP contribution in [0.5, 0.6) is 5.75 Å². The molecule has 1 rings (SSSR count). The Balaban J connectivity index is 2.76. The van der Waals surface area contributed by atoms with Crippen molar-refractivity contribution in [1.29, 1.82) is 0 Å². The second-order valence-electron chi connectivity index (χ2n) is 4.76. The van der Waals surface area contributed by atoms with Crippen LogP contribution in [0.25, 0.3) is 0 Å². The first-order valence-electron chi connectivity index (χ1n) is 6.26. The van der Waals surface area contributed by atoms with Gasteiger partial charge in [0.15, 0.2) is 0 Å². The highest BCUT2D eigenvalue weighted by molar-refractivity contribution is 5.78. The molecule has 1 unspecified atom stereocenters. The summed E-state index contributed by atoms with van der Waals surface area (Å²) in [6.45, 7) is 5.81. The number of halogens is 1. The molecule has 1 aromatic rings. The van der Waals surface area contributed by atoms with E-state index in [1.807, 2.05) is 6.92 Å². The van der Waals surface area contributed by atoms with Gasteiger partial charge in [-0.25, -0.2) is 4.39 Å². The lowest BCUT2D eigenvalue weighted by molar-refractivity contribution is -0.145. The zero-order valence-corrected chi connectivity index (χ0v) is 11.5. The van der Waals surface area contributed by atoms with Gasteiger partial charge in [-0.15, -0.1) is 0 Å². The average Bonchev–Trinajstić information content (AvgIpc) is 2.37. The van der Waals surface area contributed by atoms with E-state index in [4.69, 9.17) is 4.74 Å². The summed E-state index contributed by atoms with van der Waals surface area (Å²) in [5.74, 6) is -1.03. The summed E-state index contributed by atoms with van der Waals surface area (Å²) >= 11 is 0. The lowest BCUT2D eigenvalue weighted by atomic mass is 10.0. The fourth-order valence-corrected chi connectivity index (χ4v) is 1.54. The van der Waals surface area contributed by atoms with Gasteiger partial charge < -0.3 is 9.84 Å². The zero-order valence-electron chi connectivity index (χ0n) is 11.5. The highest BCUT2D eigenvalue weighted by Gasteiger charge is 2.33. The minimum Gasteiger partial charge on any atom is -0.491 e. The third kappa shape index (κ3) is 4.21. The molecule has 0 amide bonds. The molecule has 1 atom stereocenters. The number of nitrogens with one attached hydrogen (secondary N) is 1. The molecule has 0 saturated heterocycles. The first-order chi connectivity index (χ1) is 8.89. The smallest absolute Gasteiger partial charge is 0.327 e. The number of carboxylic acid groups (broad SMARTS) is 1. The first-order valence-corrected chi connectivity index (χ1v) is 6.26. The molecule has 0 radical (unpaired) electrons. The van der Waals surface area contributed by atoms with E-state index in [0.717, 1.165) is 12.0 Å². The lowest BCUT2D eigenvalue weighted by Crippen LogP contribution is -2.54. The molecule has 1 aromatic carbocycles. The van der Waals surface area contributed by atoms with Crippen LogP contribution in [0.15, 0.2) is 18.2 Å². The van der Waals surface area contributed by atoms with Gasteiger partial charge in [0.2, 0.25) is 0 Å². The Hall–Kier alpha value is -1.62. The molecule has 106 valence electrons. The predicted octanol–water partition coefficient (Wildman–Crippen LogP) is 2.36. The van der Waals surface area contributed by atoms with Crippen molar-refractivity contribution in [3.05, 3.63) is 29.6 Å². The Morgan fingerprint density at radius 2 is 2.21 bits per heavy atom. The third-order valence-electron chi connectivity index (χ3n) is 2.90. The van der Waals surface area contributed by atoms with Crippen molar-refractivity contribution in [3.63, 3.8) is 0 Å². The van der Waals surface area contributed by atoms with E-state index in [0.29, 0.717) is 12.3 Å². The lowest BCUT2D eigenvalue weighted by Gasteiger charge is -2.26. The van der Waals surface area contributed by atoms with Gasteiger partial charge in [-0.3, -0.25) is 10.1 Å². The number of benzene rings is 1. The summed E-state index contributed by atoms with van der Waals surface area (Å²) in [6.07, 6.45) is 0.821. The molecule has 0 aliphatic heterocycles. The topological polar surface area (TPSA) is 58.6 Å². The van der Waals surface area contributed by atoms with Crippen LogP contribution in [-0.4, -0.2) is 29.8 Å². The quantitative estimate of drug-likeness (QED) is 0.797. The Labute approximate surface area is 112 Å². The van der Waals surface area contributed by atoms with Gasteiger partial charge in [-0.2, -0.15) is 0 Å². The predicted molar refractivity (Wildman–Crippen MR) is 71.0 cm³/mol. The fraction of sp³-hybridized carbons (Fsp3) is 0.500. The summed E-state index contributed by atoms with van der Waals surface area (Å²) in [6, 6.07) is 4.20. The minimum absolute atomic E-state index is 0.0629. The maximum Gasteiger partial charge on any atom is 0.327 e. The maximum absolute atomic E-state index is 13.1. The largest absolute Gasteiger partial charge is 0.491 e. The van der Waals surface area contributed by atoms with Crippen molar-refractivity contribution in [3.8, 4) is 5.75 Å². The van der Waals surface area contributed by atoms with Crippen LogP contribution in [0.2, 0.25) is 0 Å². The summed E-state index contributed by atoms with van der Waals surface area (Å²) in [5.41, 5.74) is -0.418. The van der Waals surface area contributed by atoms with Crippen LogP contribution in [0, 0.1) is 12.7 Å². The number of aryl methyl sites for hydroxylation is 1. The molecule has 0 heterocycles. The van der Waals surface area contributed by atoms with Gasteiger partial charge in [0.25, 0.3) is 0 Å². The third-order valence-corrected chi connectivity index (χ3v) is 2.90. The first kappa shape index (κ1) is 15.4. The maximum atomic E-state index is 13.1. The molecule has 0 fully saturated rings. The second kappa shape index (κ2) is 6.52. The molecule has 0 spiro atoms. The second-order valence-corrected chi connectivity index (χ2v) is 4.76. The molecule has 2 N–H and O–H groups in total. The van der Waals surface area contributed by atoms with Crippen molar-refractivity contribution in [2.75, 3.05) is 13.2 Å². The Morgan fingerprint density at radius 1 is 1.53 bits per heavy atom. The van der Waals surface area contributed by atoms with Crippen LogP contribution in [-0.2, 0) is 4.79 Å². The van der Waals surface area contributed by atoms with Crippen LogP contribution in [0.4, 0.5) is 4.39 Å². The molecule has 0 aromatic heterocycles. The Bertz CT molecular complexity index is 450. The van der Waals surface area contributed by atoms with Crippen LogP contribution in [0.1, 0.15) is 25.8 Å². The van der Waals surface area contributed by atoms with E-state index in [-0.39, 0.29) is 6.61 Å². The van der Waals surface area contributed by atoms with Crippen molar-refractivity contribution in [2.45, 2.75) is 32.7 Å². The minimum atomic E-state index is -1.19. The van der Waals surface area contributed by atoms with E-state index in [1.54, 1.807) is 19.9 Å². The monoisotopic (exact) mass is 269 g/mol. The summed E-state index contributed by atoms with van der Waals surface area (Å²) in [5, 5.41) is 12.2. The van der Waals surface area contributed by atoms with E-state index >= 15 is 0 Å². The number of rotatable bonds is 7. The van der Waals surface area contributed by atoms with Crippen LogP contribution in [0.3, 0.4) is 0 Å². The van der Waals surface area contributed by atoms with E-state index in [9.17, 15) is 14.3 Å². The molecule has 0 aliphatic rings. The van der Waals surface area contributed by atoms with Crippen LogP contribution >= 0.6 is 0 Å². The number of hydrogen-bond donors (Lipinski definition) is 2. The fourth-order valence-electron chi connectivity index (χ4n) is 1.54. The zero-order chi connectivity index (χ0) is 14.5. The van der Waals surface area contributed by atoms with Crippen molar-refractivity contribution in [1.82, 2.24) is 5.32 Å². The summed E-state index contributed by atoms with van der Waals surface area (Å²) in [4.78, 5) is 11.3. The highest BCUT2D eigenvalue weighted by Crippen LogP contribution is 2.20. The molecular weight excluding hydrogens is 249 g/mol. The van der Waals surface area contributed by atoms with Gasteiger partial charge in [0, 0.05) is 6.07 Å². The summed E-state index contributed by atoms with van der Waals surface area (Å²) in [7, 11) is 0. The molecular formula is C14H20FNO3. The molecule has 0 bridgehead atoms. The van der Waals surface area contributed by atoms with Crippen molar-refractivity contribution >= 4 is 5.97 Å². The SMILES string of the molecule is CCCNC(C)(COc1cc(F)ccc1C)C(=O)O. The highest BCUT2D eigenvalue weighted by atomic mass is 19.1. The molecule has 5 heteroatoms. The summed E-state index contributed by atoms with van der Waals surface area (Å²) < 4.78 is 18.6. The number of ether oxygens (including phenoxy) is 1. The number of carbonyl (C=O) groups is 1. The van der Waals surface area contributed by atoms with Gasteiger partial charge in [0.1, 0.15) is 23.7 Å². The Kier molecular flexibility index (Phi) is 5.30. The van der Waals surface area contributed by atoms with Gasteiger partial charge in [-0.05, 0) is 38.4 Å². The molecule has 19 heavy (non-hydrogen) atoms. The van der Waals surface area contributed by atoms with Crippen molar-refractivity contribution in [2.24, 2.45) is 0 Å².